The van der Waals surface area contributed by atoms with Crippen LogP contribution in [0, 0.1) is 6.92 Å². The van der Waals surface area contributed by atoms with Gasteiger partial charge in [0, 0.05) is 5.56 Å². The van der Waals surface area contributed by atoms with E-state index in [1.165, 1.54) is 43.7 Å². The molecule has 2 aromatic heterocycles. The van der Waals surface area contributed by atoms with E-state index in [-0.39, 0.29) is 5.82 Å². The van der Waals surface area contributed by atoms with Gasteiger partial charge in [0.1, 0.15) is 5.56 Å². The van der Waals surface area contributed by atoms with E-state index >= 15 is 0 Å². The number of nitrogens with zero attached hydrogens (tertiary/aromatic N) is 3. The van der Waals surface area contributed by atoms with Crippen LogP contribution in [0.15, 0.2) is 66.9 Å². The molecule has 1 fully saturated rings. The topological polar surface area (TPSA) is 68.0 Å². The number of halogens is 3. The highest BCUT2D eigenvalue weighted by Gasteiger charge is 2.41. The Bertz CT molecular complexity index is 1440. The number of benzene rings is 2. The minimum absolute atomic E-state index is 0.113. The van der Waals surface area contributed by atoms with Crippen LogP contribution in [0.5, 0.6) is 0 Å². The van der Waals surface area contributed by atoms with Crippen molar-refractivity contribution in [2.45, 2.75) is 51.1 Å². The minimum Gasteiger partial charge on any atom is -0.478 e. The number of alkyl halides is 3. The molecule has 0 radical (unpaired) electrons. The summed E-state index contributed by atoms with van der Waals surface area (Å²) in [6, 6.07) is 19.2. The third-order valence-electron chi connectivity index (χ3n) is 6.97. The molecule has 190 valence electrons. The van der Waals surface area contributed by atoms with E-state index in [2.05, 4.69) is 34.3 Å². The largest absolute Gasteiger partial charge is 0.478 e. The smallest absolute Gasteiger partial charge is 0.434 e. The zero-order valence-corrected chi connectivity index (χ0v) is 20.3. The quantitative estimate of drug-likeness (QED) is 0.302. The van der Waals surface area contributed by atoms with Gasteiger partial charge in [-0.15, -0.1) is 0 Å². The maximum atomic E-state index is 13.8. The molecule has 1 saturated carbocycles. The fourth-order valence-electron chi connectivity index (χ4n) is 5.14. The van der Waals surface area contributed by atoms with Crippen LogP contribution in [0.2, 0.25) is 0 Å². The van der Waals surface area contributed by atoms with E-state index in [0.717, 1.165) is 22.3 Å². The van der Waals surface area contributed by atoms with Gasteiger partial charge in [-0.3, -0.25) is 0 Å². The number of hydrogen-bond donors (Lipinski definition) is 1. The molecule has 8 heteroatoms. The first-order valence-electron chi connectivity index (χ1n) is 12.3. The number of carboxylic acids is 1. The third-order valence-corrected chi connectivity index (χ3v) is 6.97. The molecule has 0 unspecified atom stereocenters. The molecule has 0 saturated heterocycles. The normalized spacial score (nSPS) is 14.6. The Balaban J connectivity index is 1.56. The Hall–Kier alpha value is -3.94. The summed E-state index contributed by atoms with van der Waals surface area (Å²) in [6.45, 7) is 1.94. The number of hydrogen-bond acceptors (Lipinski definition) is 3. The number of aromatic nitrogens is 3. The van der Waals surface area contributed by atoms with E-state index in [4.69, 9.17) is 0 Å². The second kappa shape index (κ2) is 9.84. The third kappa shape index (κ3) is 5.01. The van der Waals surface area contributed by atoms with Gasteiger partial charge in [0.2, 0.25) is 0 Å². The van der Waals surface area contributed by atoms with Gasteiger partial charge in [-0.1, -0.05) is 67.3 Å². The first kappa shape index (κ1) is 24.7. The molecule has 5 rings (SSSR count). The molecule has 5 nitrogen and oxygen atoms in total. The summed E-state index contributed by atoms with van der Waals surface area (Å²) < 4.78 is 41.8. The van der Waals surface area contributed by atoms with Crippen LogP contribution in [0.4, 0.5) is 13.2 Å². The van der Waals surface area contributed by atoms with Crippen LogP contribution >= 0.6 is 0 Å². The van der Waals surface area contributed by atoms with Gasteiger partial charge in [-0.2, -0.15) is 18.3 Å². The number of carboxylic acid groups (broad SMARTS) is 1. The number of carbonyl (C=O) groups is 1. The van der Waals surface area contributed by atoms with Gasteiger partial charge >= 0.3 is 12.1 Å². The average Bonchev–Trinajstić information content (AvgIpc) is 3.36. The molecular formula is C29H26F3N3O2. The lowest BCUT2D eigenvalue weighted by molar-refractivity contribution is -0.143. The van der Waals surface area contributed by atoms with Crippen LogP contribution < -0.4 is 0 Å². The molecule has 0 aliphatic heterocycles. The van der Waals surface area contributed by atoms with E-state index in [0.29, 0.717) is 22.5 Å². The molecule has 1 aliphatic rings. The average molecular weight is 506 g/mol. The lowest BCUT2D eigenvalue weighted by Crippen LogP contribution is -2.18. The Morgan fingerprint density at radius 1 is 0.973 bits per heavy atom. The first-order chi connectivity index (χ1) is 17.7. The van der Waals surface area contributed by atoms with Crippen molar-refractivity contribution in [1.82, 2.24) is 14.8 Å². The Morgan fingerprint density at radius 3 is 2.38 bits per heavy atom. The number of aryl methyl sites for hydroxylation is 1. The summed E-state index contributed by atoms with van der Waals surface area (Å²) in [6.07, 6.45) is 2.02. The van der Waals surface area contributed by atoms with Crippen LogP contribution in [0.1, 0.15) is 65.2 Å². The maximum absolute atomic E-state index is 13.8. The molecular weight excluding hydrogens is 479 g/mol. The monoisotopic (exact) mass is 505 g/mol. The molecule has 1 aliphatic carbocycles. The minimum atomic E-state index is -4.92. The van der Waals surface area contributed by atoms with Crippen molar-refractivity contribution in [3.8, 4) is 28.2 Å². The van der Waals surface area contributed by atoms with Crippen molar-refractivity contribution < 1.29 is 23.1 Å². The SMILES string of the molecule is Cc1ccc(-c2ccc(C3CCCCC3)cc2)c(-c2cccc(-n3ncc(C(=O)O)c3C(F)(F)F)n2)c1. The predicted molar refractivity (Wildman–Crippen MR) is 135 cm³/mol. The van der Waals surface area contributed by atoms with Gasteiger partial charge < -0.3 is 5.11 Å². The van der Waals surface area contributed by atoms with Gasteiger partial charge in [0.25, 0.3) is 0 Å². The molecule has 0 bridgehead atoms. The molecule has 2 aromatic carbocycles. The van der Waals surface area contributed by atoms with Crippen molar-refractivity contribution in [2.24, 2.45) is 0 Å². The molecule has 0 atom stereocenters. The van der Waals surface area contributed by atoms with E-state index in [1.54, 1.807) is 12.1 Å². The summed E-state index contributed by atoms with van der Waals surface area (Å²) in [5.41, 5.74) is 3.16. The molecule has 0 spiro atoms. The zero-order valence-electron chi connectivity index (χ0n) is 20.3. The standard InChI is InChI=1S/C29H26F3N3O2/c1-18-10-15-22(21-13-11-20(12-14-21)19-6-3-2-4-7-19)23(16-18)25-8-5-9-26(34-25)35-27(29(30,31)32)24(17-33-35)28(36)37/h5,8-17,19H,2-4,6-7H2,1H3,(H,36,37). The summed E-state index contributed by atoms with van der Waals surface area (Å²) in [7, 11) is 0. The summed E-state index contributed by atoms with van der Waals surface area (Å²) >= 11 is 0. The van der Waals surface area contributed by atoms with Crippen LogP contribution in [0.3, 0.4) is 0 Å². The molecule has 0 amide bonds. The fraction of sp³-hybridized carbons (Fsp3) is 0.276. The summed E-state index contributed by atoms with van der Waals surface area (Å²) in [4.78, 5) is 15.9. The van der Waals surface area contributed by atoms with Gasteiger partial charge in [0.15, 0.2) is 11.5 Å². The van der Waals surface area contributed by atoms with Crippen LogP contribution in [0.25, 0.3) is 28.2 Å². The number of aromatic carboxylic acids is 1. The van der Waals surface area contributed by atoms with Crippen molar-refractivity contribution in [2.75, 3.05) is 0 Å². The number of rotatable bonds is 5. The Kier molecular flexibility index (Phi) is 6.58. The maximum Gasteiger partial charge on any atom is 0.434 e. The lowest BCUT2D eigenvalue weighted by Gasteiger charge is -2.22. The Labute approximate surface area is 212 Å². The second-order valence-electron chi connectivity index (χ2n) is 9.51. The van der Waals surface area contributed by atoms with E-state index in [9.17, 15) is 23.1 Å². The molecule has 37 heavy (non-hydrogen) atoms. The van der Waals surface area contributed by atoms with E-state index < -0.39 is 23.4 Å². The van der Waals surface area contributed by atoms with Crippen LogP contribution in [-0.4, -0.2) is 25.8 Å². The van der Waals surface area contributed by atoms with Gasteiger partial charge in [-0.05, 0) is 60.6 Å². The second-order valence-corrected chi connectivity index (χ2v) is 9.51. The van der Waals surface area contributed by atoms with Gasteiger partial charge in [-0.25, -0.2) is 14.5 Å². The molecule has 1 N–H and O–H groups in total. The zero-order chi connectivity index (χ0) is 26.2. The highest BCUT2D eigenvalue weighted by atomic mass is 19.4. The van der Waals surface area contributed by atoms with Crippen molar-refractivity contribution >= 4 is 5.97 Å². The summed E-state index contributed by atoms with van der Waals surface area (Å²) in [5, 5.41) is 13.0. The molecule has 2 heterocycles. The summed E-state index contributed by atoms with van der Waals surface area (Å²) in [5.74, 6) is -1.23. The lowest BCUT2D eigenvalue weighted by atomic mass is 9.83. The number of pyridine rings is 1. The fourth-order valence-corrected chi connectivity index (χ4v) is 5.14. The first-order valence-corrected chi connectivity index (χ1v) is 12.3. The highest BCUT2D eigenvalue weighted by Crippen LogP contribution is 2.37. The predicted octanol–water partition coefficient (Wildman–Crippen LogP) is 7.67. The van der Waals surface area contributed by atoms with Crippen LogP contribution in [-0.2, 0) is 6.18 Å². The Morgan fingerprint density at radius 2 is 1.70 bits per heavy atom. The highest BCUT2D eigenvalue weighted by molar-refractivity contribution is 5.89. The van der Waals surface area contributed by atoms with Crippen molar-refractivity contribution in [1.29, 1.82) is 0 Å². The van der Waals surface area contributed by atoms with Gasteiger partial charge in [0.05, 0.1) is 11.9 Å². The van der Waals surface area contributed by atoms with Crippen molar-refractivity contribution in [3.63, 3.8) is 0 Å². The molecule has 4 aromatic rings. The van der Waals surface area contributed by atoms with E-state index in [1.807, 2.05) is 25.1 Å². The van der Waals surface area contributed by atoms with Crippen molar-refractivity contribution in [3.05, 3.63) is 89.2 Å².